The Labute approximate surface area is 119 Å². The van der Waals surface area contributed by atoms with Crippen molar-refractivity contribution in [2.24, 2.45) is 17.6 Å². The number of hydrogen-bond acceptors (Lipinski definition) is 3. The maximum atomic E-state index is 12.6. The molecule has 3 nitrogen and oxygen atoms in total. The molecule has 2 unspecified atom stereocenters. The molecular formula is C15H22N2OS. The number of likely N-dealkylation sites (tertiary alicyclic amines) is 1. The van der Waals surface area contributed by atoms with Crippen molar-refractivity contribution >= 4 is 17.7 Å². The first-order valence-corrected chi connectivity index (χ1v) is 8.02. The second kappa shape index (κ2) is 6.44. The fourth-order valence-corrected chi connectivity index (χ4v) is 3.22. The Kier molecular flexibility index (Phi) is 4.88. The highest BCUT2D eigenvalue weighted by Crippen LogP contribution is 2.26. The van der Waals surface area contributed by atoms with Crippen LogP contribution in [-0.2, 0) is 0 Å². The van der Waals surface area contributed by atoms with E-state index in [1.165, 1.54) is 0 Å². The summed E-state index contributed by atoms with van der Waals surface area (Å²) in [6.07, 6.45) is 3.06. The van der Waals surface area contributed by atoms with Crippen molar-refractivity contribution in [2.45, 2.75) is 18.2 Å². The summed E-state index contributed by atoms with van der Waals surface area (Å²) in [5, 5.41) is 0. The van der Waals surface area contributed by atoms with Gasteiger partial charge in [0.15, 0.2) is 0 Å². The minimum absolute atomic E-state index is 0.148. The maximum Gasteiger partial charge on any atom is 0.254 e. The van der Waals surface area contributed by atoms with Crippen LogP contribution in [0.2, 0.25) is 0 Å². The molecule has 1 aromatic rings. The fourth-order valence-electron chi connectivity index (χ4n) is 2.63. The van der Waals surface area contributed by atoms with Crippen molar-refractivity contribution in [3.05, 3.63) is 29.8 Å². The number of nitrogens with two attached hydrogens (primary N) is 1. The van der Waals surface area contributed by atoms with Crippen molar-refractivity contribution in [2.75, 3.05) is 25.9 Å². The van der Waals surface area contributed by atoms with Gasteiger partial charge < -0.3 is 10.6 Å². The average Bonchev–Trinajstić information content (AvgIpc) is 2.47. The van der Waals surface area contributed by atoms with Crippen LogP contribution in [0.15, 0.2) is 29.2 Å². The van der Waals surface area contributed by atoms with Gasteiger partial charge in [0.1, 0.15) is 0 Å². The van der Waals surface area contributed by atoms with E-state index in [9.17, 15) is 4.79 Å². The highest BCUT2D eigenvalue weighted by molar-refractivity contribution is 7.98. The van der Waals surface area contributed by atoms with E-state index in [0.717, 1.165) is 30.0 Å². The number of nitrogens with zero attached hydrogens (tertiary/aromatic N) is 1. The molecule has 0 saturated carbocycles. The Morgan fingerprint density at radius 2 is 2.21 bits per heavy atom. The standard InChI is InChI=1S/C15H22N2OS/c1-11-7-8-17(10-12(11)9-16)15(18)13-5-3-4-6-14(13)19-2/h3-6,11-12H,7-10,16H2,1-2H3. The second-order valence-electron chi connectivity index (χ2n) is 5.21. The van der Waals surface area contributed by atoms with Gasteiger partial charge >= 0.3 is 0 Å². The molecule has 0 radical (unpaired) electrons. The Bertz CT molecular complexity index is 450. The van der Waals surface area contributed by atoms with Crippen LogP contribution in [0.4, 0.5) is 0 Å². The van der Waals surface area contributed by atoms with Crippen LogP contribution in [0.3, 0.4) is 0 Å². The number of piperidine rings is 1. The first kappa shape index (κ1) is 14.4. The Morgan fingerprint density at radius 3 is 2.89 bits per heavy atom. The van der Waals surface area contributed by atoms with Crippen molar-refractivity contribution in [1.29, 1.82) is 0 Å². The zero-order chi connectivity index (χ0) is 13.8. The number of hydrogen-bond donors (Lipinski definition) is 1. The molecule has 0 aromatic heterocycles. The van der Waals surface area contributed by atoms with Gasteiger partial charge in [-0.1, -0.05) is 19.1 Å². The summed E-state index contributed by atoms with van der Waals surface area (Å²) in [7, 11) is 0. The predicted octanol–water partition coefficient (Wildman–Crippen LogP) is 2.47. The van der Waals surface area contributed by atoms with E-state index in [2.05, 4.69) is 6.92 Å². The van der Waals surface area contributed by atoms with Crippen molar-refractivity contribution in [3.8, 4) is 0 Å². The number of carbonyl (C=O) groups is 1. The van der Waals surface area contributed by atoms with Gasteiger partial charge in [-0.3, -0.25) is 4.79 Å². The number of benzene rings is 1. The fraction of sp³-hybridized carbons (Fsp3) is 0.533. The van der Waals surface area contributed by atoms with Gasteiger partial charge in [0, 0.05) is 18.0 Å². The highest BCUT2D eigenvalue weighted by Gasteiger charge is 2.29. The number of thioether (sulfide) groups is 1. The van der Waals surface area contributed by atoms with Crippen LogP contribution < -0.4 is 5.73 Å². The average molecular weight is 278 g/mol. The topological polar surface area (TPSA) is 46.3 Å². The normalized spacial score (nSPS) is 23.4. The molecule has 1 saturated heterocycles. The van der Waals surface area contributed by atoms with E-state index in [1.54, 1.807) is 11.8 Å². The van der Waals surface area contributed by atoms with Gasteiger partial charge in [-0.25, -0.2) is 0 Å². The minimum Gasteiger partial charge on any atom is -0.338 e. The van der Waals surface area contributed by atoms with Gasteiger partial charge in [0.2, 0.25) is 0 Å². The van der Waals surface area contributed by atoms with Crippen molar-refractivity contribution in [1.82, 2.24) is 4.90 Å². The van der Waals surface area contributed by atoms with E-state index in [-0.39, 0.29) is 5.91 Å². The zero-order valence-electron chi connectivity index (χ0n) is 11.6. The first-order valence-electron chi connectivity index (χ1n) is 6.79. The van der Waals surface area contributed by atoms with Gasteiger partial charge in [0.25, 0.3) is 5.91 Å². The Balaban J connectivity index is 2.15. The maximum absolute atomic E-state index is 12.6. The van der Waals surface area contributed by atoms with Gasteiger partial charge in [0.05, 0.1) is 5.56 Å². The van der Waals surface area contributed by atoms with Crippen LogP contribution in [0.25, 0.3) is 0 Å². The molecule has 1 aliphatic rings. The molecule has 0 bridgehead atoms. The molecule has 4 heteroatoms. The quantitative estimate of drug-likeness (QED) is 0.864. The van der Waals surface area contributed by atoms with Crippen LogP contribution in [-0.4, -0.2) is 36.7 Å². The lowest BCUT2D eigenvalue weighted by atomic mass is 9.87. The van der Waals surface area contributed by atoms with E-state index in [1.807, 2.05) is 35.4 Å². The SMILES string of the molecule is CSc1ccccc1C(=O)N1CCC(C)C(CN)C1. The molecule has 1 amide bonds. The lowest BCUT2D eigenvalue weighted by Crippen LogP contribution is -2.45. The summed E-state index contributed by atoms with van der Waals surface area (Å²) < 4.78 is 0. The molecule has 1 aromatic carbocycles. The van der Waals surface area contributed by atoms with E-state index in [4.69, 9.17) is 5.73 Å². The molecule has 1 fully saturated rings. The Hall–Kier alpha value is -1.00. The molecule has 0 aliphatic carbocycles. The molecule has 2 atom stereocenters. The Morgan fingerprint density at radius 1 is 1.47 bits per heavy atom. The summed E-state index contributed by atoms with van der Waals surface area (Å²) in [6.45, 7) is 4.53. The zero-order valence-corrected chi connectivity index (χ0v) is 12.5. The molecule has 1 heterocycles. The van der Waals surface area contributed by atoms with Crippen LogP contribution in [0.1, 0.15) is 23.7 Å². The summed E-state index contributed by atoms with van der Waals surface area (Å²) in [4.78, 5) is 15.6. The van der Waals surface area contributed by atoms with E-state index in [0.29, 0.717) is 18.4 Å². The first-order chi connectivity index (χ1) is 9.17. The van der Waals surface area contributed by atoms with Crippen molar-refractivity contribution in [3.63, 3.8) is 0 Å². The molecule has 2 rings (SSSR count). The van der Waals surface area contributed by atoms with Gasteiger partial charge in [-0.2, -0.15) is 0 Å². The lowest BCUT2D eigenvalue weighted by molar-refractivity contribution is 0.0615. The molecule has 1 aliphatic heterocycles. The summed E-state index contributed by atoms with van der Waals surface area (Å²) in [6, 6.07) is 7.83. The highest BCUT2D eigenvalue weighted by atomic mass is 32.2. The lowest BCUT2D eigenvalue weighted by Gasteiger charge is -2.36. The summed E-state index contributed by atoms with van der Waals surface area (Å²) in [5.74, 6) is 1.19. The van der Waals surface area contributed by atoms with Crippen LogP contribution >= 0.6 is 11.8 Å². The molecule has 19 heavy (non-hydrogen) atoms. The third-order valence-corrected chi connectivity index (χ3v) is 4.84. The number of rotatable bonds is 3. The van der Waals surface area contributed by atoms with E-state index < -0.39 is 0 Å². The van der Waals surface area contributed by atoms with Gasteiger partial charge in [-0.05, 0) is 43.2 Å². The number of amides is 1. The van der Waals surface area contributed by atoms with Crippen molar-refractivity contribution < 1.29 is 4.79 Å². The molecule has 0 spiro atoms. The monoisotopic (exact) mass is 278 g/mol. The minimum atomic E-state index is 0.148. The van der Waals surface area contributed by atoms with E-state index >= 15 is 0 Å². The third kappa shape index (κ3) is 3.12. The summed E-state index contributed by atoms with van der Waals surface area (Å²) >= 11 is 1.62. The largest absolute Gasteiger partial charge is 0.338 e. The van der Waals surface area contributed by atoms with Gasteiger partial charge in [-0.15, -0.1) is 11.8 Å². The molecule has 104 valence electrons. The van der Waals surface area contributed by atoms with Crippen LogP contribution in [0.5, 0.6) is 0 Å². The third-order valence-electron chi connectivity index (χ3n) is 4.04. The number of carbonyl (C=O) groups excluding carboxylic acids is 1. The van der Waals surface area contributed by atoms with Crippen LogP contribution in [0, 0.1) is 11.8 Å². The smallest absolute Gasteiger partial charge is 0.254 e. The second-order valence-corrected chi connectivity index (χ2v) is 6.06. The molecule has 2 N–H and O–H groups in total. The molecular weight excluding hydrogens is 256 g/mol. The summed E-state index contributed by atoms with van der Waals surface area (Å²) in [5.41, 5.74) is 6.63. The predicted molar refractivity (Wildman–Crippen MR) is 80.5 cm³/mol.